The molecule has 0 bridgehead atoms. The van der Waals surface area contributed by atoms with Crippen LogP contribution in [0.25, 0.3) is 10.9 Å². The second-order valence-corrected chi connectivity index (χ2v) is 6.19. The number of hydrogen-bond donors (Lipinski definition) is 0. The van der Waals surface area contributed by atoms with Gasteiger partial charge in [0.25, 0.3) is 0 Å². The zero-order valence-corrected chi connectivity index (χ0v) is 12.1. The lowest BCUT2D eigenvalue weighted by molar-refractivity contribution is 0.0251. The molecule has 2 aliphatic rings. The van der Waals surface area contributed by atoms with Gasteiger partial charge in [-0.2, -0.15) is 0 Å². The standard InChI is InChI=1S/C17H22N2O/c1-18(15-6-9-20-10-7-15)16-11-14-4-2-3-13-5-8-19(12-16)17(13)14/h2-5,8,15-16H,6-7,9-12H2,1H3. The molecular weight excluding hydrogens is 248 g/mol. The van der Waals surface area contributed by atoms with Crippen LogP contribution in [0, 0.1) is 0 Å². The highest BCUT2D eigenvalue weighted by Crippen LogP contribution is 2.29. The van der Waals surface area contributed by atoms with Crippen LogP contribution in [0.15, 0.2) is 30.5 Å². The van der Waals surface area contributed by atoms with E-state index in [-0.39, 0.29) is 0 Å². The Bertz CT molecular complexity index is 612. The zero-order valence-electron chi connectivity index (χ0n) is 12.1. The molecule has 1 aromatic carbocycles. The van der Waals surface area contributed by atoms with Gasteiger partial charge in [0.1, 0.15) is 0 Å². The first-order chi connectivity index (χ1) is 9.83. The SMILES string of the molecule is CN(C1CCOCC1)C1Cc2cccc3ccn(c23)C1. The number of likely N-dealkylation sites (N-methyl/N-ethyl adjacent to an activating group) is 1. The monoisotopic (exact) mass is 270 g/mol. The number of nitrogens with zero attached hydrogens (tertiary/aromatic N) is 2. The highest BCUT2D eigenvalue weighted by molar-refractivity contribution is 5.84. The Morgan fingerprint density at radius 1 is 1.15 bits per heavy atom. The van der Waals surface area contributed by atoms with E-state index in [0.29, 0.717) is 12.1 Å². The van der Waals surface area contributed by atoms with Crippen molar-refractivity contribution in [2.24, 2.45) is 0 Å². The quantitative estimate of drug-likeness (QED) is 0.835. The molecule has 1 aromatic heterocycles. The summed E-state index contributed by atoms with van der Waals surface area (Å²) in [4.78, 5) is 2.60. The first-order valence-electron chi connectivity index (χ1n) is 7.69. The highest BCUT2D eigenvalue weighted by atomic mass is 16.5. The van der Waals surface area contributed by atoms with Crippen molar-refractivity contribution in [3.05, 3.63) is 36.0 Å². The number of para-hydroxylation sites is 1. The molecule has 1 unspecified atom stereocenters. The Morgan fingerprint density at radius 2 is 2.00 bits per heavy atom. The first kappa shape index (κ1) is 12.4. The van der Waals surface area contributed by atoms with E-state index in [2.05, 4.69) is 47.0 Å². The predicted octanol–water partition coefficient (Wildman–Crippen LogP) is 2.68. The van der Waals surface area contributed by atoms with E-state index in [1.54, 1.807) is 0 Å². The van der Waals surface area contributed by atoms with Crippen LogP contribution in [0.5, 0.6) is 0 Å². The number of ether oxygens (including phenoxy) is 1. The van der Waals surface area contributed by atoms with Gasteiger partial charge >= 0.3 is 0 Å². The average molecular weight is 270 g/mol. The van der Waals surface area contributed by atoms with Crippen LogP contribution in [0.1, 0.15) is 18.4 Å². The van der Waals surface area contributed by atoms with Crippen LogP contribution in [0.4, 0.5) is 0 Å². The second-order valence-electron chi connectivity index (χ2n) is 6.19. The summed E-state index contributed by atoms with van der Waals surface area (Å²) in [7, 11) is 2.30. The van der Waals surface area contributed by atoms with Crippen LogP contribution in [0.3, 0.4) is 0 Å². The zero-order chi connectivity index (χ0) is 13.5. The molecule has 0 spiro atoms. The summed E-state index contributed by atoms with van der Waals surface area (Å²) in [6, 6.07) is 10.3. The van der Waals surface area contributed by atoms with Crippen molar-refractivity contribution < 1.29 is 4.74 Å². The predicted molar refractivity (Wildman–Crippen MR) is 81.0 cm³/mol. The summed E-state index contributed by atoms with van der Waals surface area (Å²) in [6.07, 6.45) is 5.78. The molecule has 0 aliphatic carbocycles. The molecule has 1 fully saturated rings. The normalized spacial score (nSPS) is 23.6. The van der Waals surface area contributed by atoms with E-state index in [9.17, 15) is 0 Å². The van der Waals surface area contributed by atoms with E-state index >= 15 is 0 Å². The van der Waals surface area contributed by atoms with E-state index in [4.69, 9.17) is 4.74 Å². The summed E-state index contributed by atoms with van der Waals surface area (Å²) < 4.78 is 7.93. The minimum Gasteiger partial charge on any atom is -0.381 e. The summed E-state index contributed by atoms with van der Waals surface area (Å²) >= 11 is 0. The van der Waals surface area contributed by atoms with Gasteiger partial charge < -0.3 is 9.30 Å². The topological polar surface area (TPSA) is 17.4 Å². The maximum Gasteiger partial charge on any atom is 0.0513 e. The fourth-order valence-corrected chi connectivity index (χ4v) is 3.87. The lowest BCUT2D eigenvalue weighted by atomic mass is 9.96. The minimum atomic E-state index is 0.614. The summed E-state index contributed by atoms with van der Waals surface area (Å²) in [5.74, 6) is 0. The Morgan fingerprint density at radius 3 is 2.85 bits per heavy atom. The maximum atomic E-state index is 5.50. The summed E-state index contributed by atoms with van der Waals surface area (Å²) in [5.41, 5.74) is 2.95. The number of hydrogen-bond acceptors (Lipinski definition) is 2. The van der Waals surface area contributed by atoms with E-state index in [1.165, 1.54) is 35.7 Å². The average Bonchev–Trinajstić information content (AvgIpc) is 2.92. The Balaban J connectivity index is 1.60. The van der Waals surface area contributed by atoms with Crippen LogP contribution < -0.4 is 0 Å². The highest BCUT2D eigenvalue weighted by Gasteiger charge is 2.28. The molecule has 3 heterocycles. The molecule has 20 heavy (non-hydrogen) atoms. The number of aromatic nitrogens is 1. The molecule has 0 amide bonds. The van der Waals surface area contributed by atoms with Crippen molar-refractivity contribution in [2.75, 3.05) is 20.3 Å². The molecular formula is C17H22N2O. The van der Waals surface area contributed by atoms with E-state index < -0.39 is 0 Å². The largest absolute Gasteiger partial charge is 0.381 e. The molecule has 1 saturated heterocycles. The van der Waals surface area contributed by atoms with Gasteiger partial charge in [-0.1, -0.05) is 18.2 Å². The Kier molecular flexibility index (Phi) is 3.04. The molecule has 2 aromatic rings. The summed E-state index contributed by atoms with van der Waals surface area (Å²) in [5, 5.41) is 1.38. The van der Waals surface area contributed by atoms with E-state index in [0.717, 1.165) is 19.8 Å². The lowest BCUT2D eigenvalue weighted by Gasteiger charge is -2.39. The molecule has 3 heteroatoms. The van der Waals surface area contributed by atoms with E-state index in [1.807, 2.05) is 0 Å². The lowest BCUT2D eigenvalue weighted by Crippen LogP contribution is -2.47. The van der Waals surface area contributed by atoms with Crippen molar-refractivity contribution in [1.29, 1.82) is 0 Å². The van der Waals surface area contributed by atoms with Crippen molar-refractivity contribution in [1.82, 2.24) is 9.47 Å². The van der Waals surface area contributed by atoms with Crippen molar-refractivity contribution in [2.45, 2.75) is 37.9 Å². The maximum absolute atomic E-state index is 5.50. The third kappa shape index (κ3) is 1.97. The van der Waals surface area contributed by atoms with Crippen molar-refractivity contribution in [3.8, 4) is 0 Å². The van der Waals surface area contributed by atoms with Crippen molar-refractivity contribution in [3.63, 3.8) is 0 Å². The van der Waals surface area contributed by atoms with Gasteiger partial charge in [0.15, 0.2) is 0 Å². The number of benzene rings is 1. The van der Waals surface area contributed by atoms with Gasteiger partial charge in [-0.3, -0.25) is 4.90 Å². The molecule has 106 valence electrons. The molecule has 4 rings (SSSR count). The molecule has 0 N–H and O–H groups in total. The van der Waals surface area contributed by atoms with Gasteiger partial charge in [-0.15, -0.1) is 0 Å². The van der Waals surface area contributed by atoms with Crippen LogP contribution in [0.2, 0.25) is 0 Å². The molecule has 3 nitrogen and oxygen atoms in total. The molecule has 1 atom stereocenters. The van der Waals surface area contributed by atoms with Gasteiger partial charge in [0.05, 0.1) is 5.52 Å². The van der Waals surface area contributed by atoms with Gasteiger partial charge in [0, 0.05) is 38.0 Å². The third-order valence-electron chi connectivity index (χ3n) is 5.08. The van der Waals surface area contributed by atoms with Gasteiger partial charge in [-0.05, 0) is 43.3 Å². The van der Waals surface area contributed by atoms with Crippen molar-refractivity contribution >= 4 is 10.9 Å². The second kappa shape index (κ2) is 4.90. The smallest absolute Gasteiger partial charge is 0.0513 e. The third-order valence-corrected chi connectivity index (χ3v) is 5.08. The fourth-order valence-electron chi connectivity index (χ4n) is 3.87. The van der Waals surface area contributed by atoms with Crippen LogP contribution in [-0.2, 0) is 17.7 Å². The number of rotatable bonds is 2. The minimum absolute atomic E-state index is 0.614. The Hall–Kier alpha value is -1.32. The first-order valence-corrected chi connectivity index (χ1v) is 7.69. The fraction of sp³-hybridized carbons (Fsp3) is 0.529. The molecule has 0 saturated carbocycles. The molecule has 2 aliphatic heterocycles. The molecule has 0 radical (unpaired) electrons. The van der Waals surface area contributed by atoms with Crippen LogP contribution >= 0.6 is 0 Å². The van der Waals surface area contributed by atoms with Crippen LogP contribution in [-0.4, -0.2) is 41.8 Å². The van der Waals surface area contributed by atoms with Gasteiger partial charge in [-0.25, -0.2) is 0 Å². The summed E-state index contributed by atoms with van der Waals surface area (Å²) in [6.45, 7) is 2.96. The van der Waals surface area contributed by atoms with Gasteiger partial charge in [0.2, 0.25) is 0 Å². The Labute approximate surface area is 120 Å².